The molecule has 0 N–H and O–H groups in total. The molecule has 0 bridgehead atoms. The van der Waals surface area contributed by atoms with Crippen LogP contribution in [0.15, 0.2) is 11.2 Å². The summed E-state index contributed by atoms with van der Waals surface area (Å²) in [6.07, 6.45) is 3.32. The summed E-state index contributed by atoms with van der Waals surface area (Å²) in [5.74, 6) is 0. The van der Waals surface area contributed by atoms with E-state index in [1.165, 1.54) is 0 Å². The van der Waals surface area contributed by atoms with Crippen LogP contribution in [0.4, 0.5) is 4.79 Å². The van der Waals surface area contributed by atoms with E-state index in [4.69, 9.17) is 4.74 Å². The second-order valence-corrected chi connectivity index (χ2v) is 5.81. The Morgan fingerprint density at radius 2 is 2.00 bits per heavy atom. The molecule has 0 aliphatic carbocycles. The molecule has 1 rings (SSSR count). The van der Waals surface area contributed by atoms with Crippen LogP contribution in [-0.2, 0) is 17.6 Å². The number of carbonyl (C=O) groups is 1. The zero-order valence-corrected chi connectivity index (χ0v) is 12.4. The topological polar surface area (TPSA) is 52.1 Å². The Morgan fingerprint density at radius 1 is 1.33 bits per heavy atom. The molecule has 0 fully saturated rings. The molecular formula is C13H20N2O2S. The fraction of sp³-hybridized carbons (Fsp3) is 0.615. The Balaban J connectivity index is 2.85. The van der Waals surface area contributed by atoms with E-state index >= 15 is 0 Å². The number of hydrogen-bond donors (Lipinski definition) is 0. The average molecular weight is 268 g/mol. The lowest BCUT2D eigenvalue weighted by Crippen LogP contribution is -2.21. The van der Waals surface area contributed by atoms with Gasteiger partial charge in [-0.1, -0.05) is 13.8 Å². The molecule has 18 heavy (non-hydrogen) atoms. The van der Waals surface area contributed by atoms with E-state index in [0.29, 0.717) is 5.03 Å². The van der Waals surface area contributed by atoms with Crippen LogP contribution < -0.4 is 0 Å². The van der Waals surface area contributed by atoms with Crippen molar-refractivity contribution in [3.8, 4) is 0 Å². The number of rotatable bonds is 3. The van der Waals surface area contributed by atoms with E-state index in [1.54, 1.807) is 6.20 Å². The molecule has 1 heterocycles. The van der Waals surface area contributed by atoms with Crippen molar-refractivity contribution < 1.29 is 9.53 Å². The van der Waals surface area contributed by atoms with Crippen LogP contribution in [0.2, 0.25) is 0 Å². The second kappa shape index (κ2) is 6.18. The molecule has 100 valence electrons. The first-order valence-electron chi connectivity index (χ1n) is 6.11. The van der Waals surface area contributed by atoms with Gasteiger partial charge in [-0.2, -0.15) is 0 Å². The van der Waals surface area contributed by atoms with Gasteiger partial charge in [-0.15, -0.1) is 0 Å². The number of aromatic nitrogens is 2. The molecule has 0 aromatic carbocycles. The zero-order chi connectivity index (χ0) is 13.8. The molecule has 0 unspecified atom stereocenters. The van der Waals surface area contributed by atoms with E-state index in [-0.39, 0.29) is 5.30 Å². The van der Waals surface area contributed by atoms with E-state index in [1.807, 2.05) is 34.6 Å². The third-order valence-corrected chi connectivity index (χ3v) is 2.90. The first-order valence-corrected chi connectivity index (χ1v) is 6.93. The molecule has 0 spiro atoms. The largest absolute Gasteiger partial charge is 0.452 e. The zero-order valence-electron chi connectivity index (χ0n) is 11.6. The van der Waals surface area contributed by atoms with Gasteiger partial charge in [0.05, 0.1) is 11.4 Å². The summed E-state index contributed by atoms with van der Waals surface area (Å²) < 4.78 is 5.27. The van der Waals surface area contributed by atoms with Gasteiger partial charge in [0.1, 0.15) is 10.6 Å². The Bertz CT molecular complexity index is 427. The summed E-state index contributed by atoms with van der Waals surface area (Å²) in [6.45, 7) is 9.55. The van der Waals surface area contributed by atoms with Crippen LogP contribution in [-0.4, -0.2) is 20.9 Å². The van der Waals surface area contributed by atoms with Crippen molar-refractivity contribution in [3.63, 3.8) is 0 Å². The van der Waals surface area contributed by atoms with Crippen molar-refractivity contribution in [1.29, 1.82) is 0 Å². The summed E-state index contributed by atoms with van der Waals surface area (Å²) in [6, 6.07) is 0. The summed E-state index contributed by atoms with van der Waals surface area (Å²) in [4.78, 5) is 20.5. The number of carbonyl (C=O) groups excluding carboxylic acids is 1. The van der Waals surface area contributed by atoms with Gasteiger partial charge in [0.15, 0.2) is 0 Å². The summed E-state index contributed by atoms with van der Waals surface area (Å²) >= 11 is 1.02. The second-order valence-electron chi connectivity index (χ2n) is 4.89. The molecule has 0 amide bonds. The molecular weight excluding hydrogens is 248 g/mol. The summed E-state index contributed by atoms with van der Waals surface area (Å²) in [5.41, 5.74) is 1.24. The lowest BCUT2D eigenvalue weighted by atomic mass is 10.2. The minimum atomic E-state index is -0.480. The lowest BCUT2D eigenvalue weighted by Gasteiger charge is -2.19. The molecule has 0 atom stereocenters. The van der Waals surface area contributed by atoms with Gasteiger partial charge in [-0.05, 0) is 33.6 Å². The smallest absolute Gasteiger partial charge is 0.374 e. The normalized spacial score (nSPS) is 11.4. The maximum atomic E-state index is 11.8. The molecule has 5 heteroatoms. The average Bonchev–Trinajstić information content (AvgIpc) is 2.26. The van der Waals surface area contributed by atoms with Crippen LogP contribution >= 0.6 is 11.8 Å². The molecule has 0 aliphatic heterocycles. The Kier molecular flexibility index (Phi) is 5.14. The van der Waals surface area contributed by atoms with Crippen LogP contribution in [0.25, 0.3) is 0 Å². The number of nitrogens with zero attached hydrogens (tertiary/aromatic N) is 2. The van der Waals surface area contributed by atoms with Crippen molar-refractivity contribution in [2.24, 2.45) is 0 Å². The van der Waals surface area contributed by atoms with Gasteiger partial charge in [-0.25, -0.2) is 9.78 Å². The van der Waals surface area contributed by atoms with Crippen molar-refractivity contribution in [2.75, 3.05) is 0 Å². The van der Waals surface area contributed by atoms with Crippen molar-refractivity contribution in [1.82, 2.24) is 9.97 Å². The minimum absolute atomic E-state index is 0.334. The van der Waals surface area contributed by atoms with Gasteiger partial charge >= 0.3 is 5.30 Å². The molecule has 1 aromatic heterocycles. The third-order valence-electron chi connectivity index (χ3n) is 2.13. The summed E-state index contributed by atoms with van der Waals surface area (Å²) in [7, 11) is 0. The number of hydrogen-bond acceptors (Lipinski definition) is 5. The van der Waals surface area contributed by atoms with Crippen LogP contribution in [0.3, 0.4) is 0 Å². The van der Waals surface area contributed by atoms with Crippen LogP contribution in [0, 0.1) is 0 Å². The van der Waals surface area contributed by atoms with Crippen molar-refractivity contribution in [2.45, 2.75) is 58.1 Å². The fourth-order valence-corrected chi connectivity index (χ4v) is 2.20. The van der Waals surface area contributed by atoms with Gasteiger partial charge in [0.2, 0.25) is 0 Å². The van der Waals surface area contributed by atoms with Crippen LogP contribution in [0.5, 0.6) is 0 Å². The monoisotopic (exact) mass is 268 g/mol. The fourth-order valence-electron chi connectivity index (χ4n) is 1.28. The molecule has 0 saturated heterocycles. The standard InChI is InChI=1S/C13H20N2O2S/c1-6-9-8-14-10(7-2)11(15-9)18-12(16)17-13(3,4)5/h8H,6-7H2,1-5H3. The predicted molar refractivity (Wildman–Crippen MR) is 72.9 cm³/mol. The molecule has 1 aromatic rings. The van der Waals surface area contributed by atoms with Gasteiger partial charge < -0.3 is 4.74 Å². The van der Waals surface area contributed by atoms with E-state index in [0.717, 1.165) is 36.0 Å². The Morgan fingerprint density at radius 3 is 2.50 bits per heavy atom. The highest BCUT2D eigenvalue weighted by atomic mass is 32.2. The molecule has 4 nitrogen and oxygen atoms in total. The van der Waals surface area contributed by atoms with Crippen molar-refractivity contribution in [3.05, 3.63) is 17.6 Å². The molecule has 0 radical (unpaired) electrons. The van der Waals surface area contributed by atoms with Crippen molar-refractivity contribution >= 4 is 17.1 Å². The predicted octanol–water partition coefficient (Wildman–Crippen LogP) is 3.63. The van der Waals surface area contributed by atoms with Gasteiger partial charge in [0.25, 0.3) is 0 Å². The SMILES string of the molecule is CCc1cnc(CC)c(SC(=O)OC(C)(C)C)n1. The number of thioether (sulfide) groups is 1. The molecule has 0 saturated carbocycles. The lowest BCUT2D eigenvalue weighted by molar-refractivity contribution is 0.0737. The van der Waals surface area contributed by atoms with E-state index in [9.17, 15) is 4.79 Å². The van der Waals surface area contributed by atoms with Gasteiger partial charge in [-0.3, -0.25) is 4.98 Å². The van der Waals surface area contributed by atoms with E-state index < -0.39 is 5.60 Å². The number of ether oxygens (including phenoxy) is 1. The minimum Gasteiger partial charge on any atom is -0.452 e. The highest BCUT2D eigenvalue weighted by Crippen LogP contribution is 2.24. The highest BCUT2D eigenvalue weighted by molar-refractivity contribution is 8.13. The maximum Gasteiger partial charge on any atom is 0.374 e. The first kappa shape index (κ1) is 15.0. The quantitative estimate of drug-likeness (QED) is 0.619. The maximum absolute atomic E-state index is 11.8. The third kappa shape index (κ3) is 4.64. The Labute approximate surface area is 113 Å². The van der Waals surface area contributed by atoms with E-state index in [2.05, 4.69) is 9.97 Å². The Hall–Kier alpha value is -1.10. The van der Waals surface area contributed by atoms with Crippen LogP contribution in [0.1, 0.15) is 46.0 Å². The highest BCUT2D eigenvalue weighted by Gasteiger charge is 2.19. The van der Waals surface area contributed by atoms with Gasteiger partial charge in [0, 0.05) is 18.0 Å². The summed E-state index contributed by atoms with van der Waals surface area (Å²) in [5, 5.41) is 0.325. The molecule has 0 aliphatic rings. The number of aryl methyl sites for hydroxylation is 2. The first-order chi connectivity index (χ1) is 8.35.